The zero-order valence-corrected chi connectivity index (χ0v) is 8.67. The number of azide groups is 1. The van der Waals surface area contributed by atoms with E-state index >= 15 is 0 Å². The molecule has 16 heavy (non-hydrogen) atoms. The fraction of sp³-hybridized carbons (Fsp3) is 0.300. The monoisotopic (exact) mass is 218 g/mol. The molecule has 0 unspecified atom stereocenters. The third-order valence-electron chi connectivity index (χ3n) is 2.34. The minimum Gasteiger partial charge on any atom is -0.482 e. The van der Waals surface area contributed by atoms with Crippen molar-refractivity contribution in [3.63, 3.8) is 0 Å². The number of carbonyl (C=O) groups excluding carboxylic acids is 1. The average Bonchev–Trinajstić information content (AvgIpc) is 2.28. The van der Waals surface area contributed by atoms with Crippen LogP contribution in [0.25, 0.3) is 10.4 Å². The first kappa shape index (κ1) is 10.3. The number of rotatable bonds is 2. The van der Waals surface area contributed by atoms with Gasteiger partial charge in [0.2, 0.25) is 0 Å². The van der Waals surface area contributed by atoms with E-state index < -0.39 is 0 Å². The molecule has 0 fully saturated rings. The van der Waals surface area contributed by atoms with E-state index in [1.165, 1.54) is 0 Å². The van der Waals surface area contributed by atoms with Crippen molar-refractivity contribution in [3.8, 4) is 5.75 Å². The number of amides is 1. The van der Waals surface area contributed by atoms with Crippen LogP contribution in [0.2, 0.25) is 0 Å². The Balaban J connectivity index is 2.34. The van der Waals surface area contributed by atoms with E-state index in [0.29, 0.717) is 11.4 Å². The zero-order valence-electron chi connectivity index (χ0n) is 8.67. The number of hydrogen-bond donors (Lipinski definition) is 1. The zero-order chi connectivity index (χ0) is 11.5. The van der Waals surface area contributed by atoms with Gasteiger partial charge in [-0.1, -0.05) is 18.1 Å². The Kier molecular flexibility index (Phi) is 2.66. The number of hydrogen-bond acceptors (Lipinski definition) is 3. The molecule has 1 amide bonds. The Labute approximate surface area is 91.8 Å². The van der Waals surface area contributed by atoms with Crippen LogP contribution in [-0.2, 0) is 4.79 Å². The number of nitrogens with zero attached hydrogens (tertiary/aromatic N) is 3. The maximum absolute atomic E-state index is 11.1. The lowest BCUT2D eigenvalue weighted by molar-refractivity contribution is -0.118. The normalized spacial score (nSPS) is 15.2. The minimum absolute atomic E-state index is 0.0399. The molecular weight excluding hydrogens is 208 g/mol. The quantitative estimate of drug-likeness (QED) is 0.469. The Hall–Kier alpha value is -2.20. The summed E-state index contributed by atoms with van der Waals surface area (Å²) in [6.45, 7) is 1.82. The summed E-state index contributed by atoms with van der Waals surface area (Å²) in [5, 5.41) is 6.29. The minimum atomic E-state index is -0.269. The molecule has 0 bridgehead atoms. The first-order valence-corrected chi connectivity index (χ1v) is 4.81. The van der Waals surface area contributed by atoms with Gasteiger partial charge in [0.15, 0.2) is 6.61 Å². The Bertz CT molecular complexity index is 480. The molecule has 6 nitrogen and oxygen atoms in total. The first-order valence-electron chi connectivity index (χ1n) is 4.81. The highest BCUT2D eigenvalue weighted by molar-refractivity contribution is 5.95. The van der Waals surface area contributed by atoms with E-state index in [4.69, 9.17) is 10.3 Å². The number of ether oxygens (including phenoxy) is 1. The highest BCUT2D eigenvalue weighted by Gasteiger charge is 2.16. The standard InChI is InChI=1S/C10H10N4O2/c1-6(13-14-11)7-2-3-9-8(4-7)12-10(15)5-16-9/h2-4,6H,5H2,1H3,(H,12,15)/t6-/m1/s1. The molecule has 0 saturated heterocycles. The molecule has 1 atom stereocenters. The van der Waals surface area contributed by atoms with Crippen molar-refractivity contribution in [2.75, 3.05) is 11.9 Å². The average molecular weight is 218 g/mol. The van der Waals surface area contributed by atoms with Crippen LogP contribution >= 0.6 is 0 Å². The van der Waals surface area contributed by atoms with Crippen molar-refractivity contribution in [1.82, 2.24) is 0 Å². The van der Waals surface area contributed by atoms with Crippen LogP contribution in [0, 0.1) is 0 Å². The number of nitrogens with one attached hydrogen (secondary N) is 1. The predicted molar refractivity (Wildman–Crippen MR) is 58.1 cm³/mol. The Morgan fingerprint density at radius 3 is 3.19 bits per heavy atom. The second kappa shape index (κ2) is 4.12. The van der Waals surface area contributed by atoms with Gasteiger partial charge in [-0.25, -0.2) is 0 Å². The van der Waals surface area contributed by atoms with Gasteiger partial charge in [0, 0.05) is 4.91 Å². The van der Waals surface area contributed by atoms with E-state index in [1.54, 1.807) is 19.1 Å². The van der Waals surface area contributed by atoms with Crippen molar-refractivity contribution in [3.05, 3.63) is 34.2 Å². The van der Waals surface area contributed by atoms with Gasteiger partial charge in [-0.2, -0.15) is 0 Å². The fourth-order valence-corrected chi connectivity index (χ4v) is 1.50. The summed E-state index contributed by atoms with van der Waals surface area (Å²) in [7, 11) is 0. The van der Waals surface area contributed by atoms with Gasteiger partial charge >= 0.3 is 0 Å². The molecule has 0 aromatic heterocycles. The summed E-state index contributed by atoms with van der Waals surface area (Å²) in [4.78, 5) is 13.9. The molecule has 1 aliphatic heterocycles. The summed E-state index contributed by atoms with van der Waals surface area (Å²) in [5.41, 5.74) is 9.80. The molecule has 82 valence electrons. The largest absolute Gasteiger partial charge is 0.482 e. The van der Waals surface area contributed by atoms with Crippen LogP contribution in [0.15, 0.2) is 23.3 Å². The van der Waals surface area contributed by atoms with Crippen LogP contribution in [0.3, 0.4) is 0 Å². The van der Waals surface area contributed by atoms with Gasteiger partial charge in [0.1, 0.15) is 5.75 Å². The summed E-state index contributed by atoms with van der Waals surface area (Å²) in [6.07, 6.45) is 0. The molecule has 0 spiro atoms. The lowest BCUT2D eigenvalue weighted by Crippen LogP contribution is -2.25. The highest BCUT2D eigenvalue weighted by atomic mass is 16.5. The second-order valence-corrected chi connectivity index (χ2v) is 3.47. The number of anilines is 1. The van der Waals surface area contributed by atoms with E-state index in [-0.39, 0.29) is 18.6 Å². The maximum Gasteiger partial charge on any atom is 0.262 e. The second-order valence-electron chi connectivity index (χ2n) is 3.47. The molecule has 1 aromatic rings. The molecule has 1 N–H and O–H groups in total. The van der Waals surface area contributed by atoms with Gasteiger partial charge in [0.25, 0.3) is 5.91 Å². The van der Waals surface area contributed by atoms with E-state index in [9.17, 15) is 4.79 Å². The van der Waals surface area contributed by atoms with E-state index in [1.807, 2.05) is 6.07 Å². The Morgan fingerprint density at radius 1 is 1.62 bits per heavy atom. The molecule has 1 aliphatic rings. The summed E-state index contributed by atoms with van der Waals surface area (Å²) in [6, 6.07) is 5.06. The van der Waals surface area contributed by atoms with Crippen LogP contribution in [0.5, 0.6) is 5.75 Å². The highest BCUT2D eigenvalue weighted by Crippen LogP contribution is 2.31. The van der Waals surface area contributed by atoms with Crippen molar-refractivity contribution < 1.29 is 9.53 Å². The van der Waals surface area contributed by atoms with Crippen molar-refractivity contribution in [2.24, 2.45) is 5.11 Å². The smallest absolute Gasteiger partial charge is 0.262 e. The van der Waals surface area contributed by atoms with Crippen LogP contribution in [-0.4, -0.2) is 12.5 Å². The van der Waals surface area contributed by atoms with Crippen molar-refractivity contribution in [2.45, 2.75) is 13.0 Å². The lowest BCUT2D eigenvalue weighted by Gasteiger charge is -2.19. The summed E-state index contributed by atoms with van der Waals surface area (Å²) >= 11 is 0. The SMILES string of the molecule is C[C@@H](N=[N+]=[N-])c1ccc2c(c1)NC(=O)CO2. The van der Waals surface area contributed by atoms with Gasteiger partial charge < -0.3 is 10.1 Å². The molecule has 0 radical (unpaired) electrons. The van der Waals surface area contributed by atoms with Gasteiger partial charge in [-0.3, -0.25) is 4.79 Å². The first-order chi connectivity index (χ1) is 7.70. The van der Waals surface area contributed by atoms with E-state index in [0.717, 1.165) is 5.56 Å². The number of carbonyl (C=O) groups is 1. The summed E-state index contributed by atoms with van der Waals surface area (Å²) < 4.78 is 5.21. The van der Waals surface area contributed by atoms with Crippen molar-refractivity contribution >= 4 is 11.6 Å². The van der Waals surface area contributed by atoms with Crippen LogP contribution in [0.1, 0.15) is 18.5 Å². The Morgan fingerprint density at radius 2 is 2.44 bits per heavy atom. The van der Waals surface area contributed by atoms with Crippen LogP contribution < -0.4 is 10.1 Å². The van der Waals surface area contributed by atoms with Gasteiger partial charge in [-0.15, -0.1) is 0 Å². The fourth-order valence-electron chi connectivity index (χ4n) is 1.50. The lowest BCUT2D eigenvalue weighted by atomic mass is 10.1. The third-order valence-corrected chi connectivity index (χ3v) is 2.34. The third kappa shape index (κ3) is 1.92. The van der Waals surface area contributed by atoms with Crippen LogP contribution in [0.4, 0.5) is 5.69 Å². The molecule has 0 saturated carbocycles. The molecule has 1 heterocycles. The predicted octanol–water partition coefficient (Wildman–Crippen LogP) is 2.39. The van der Waals surface area contributed by atoms with Gasteiger partial charge in [0.05, 0.1) is 11.7 Å². The van der Waals surface area contributed by atoms with E-state index in [2.05, 4.69) is 15.3 Å². The summed E-state index contributed by atoms with van der Waals surface area (Å²) in [5.74, 6) is 0.456. The number of fused-ring (bicyclic) bond motifs is 1. The molecule has 6 heteroatoms. The topological polar surface area (TPSA) is 87.1 Å². The number of benzene rings is 1. The van der Waals surface area contributed by atoms with Gasteiger partial charge in [-0.05, 0) is 23.2 Å². The molecule has 1 aromatic carbocycles. The maximum atomic E-state index is 11.1. The molecule has 2 rings (SSSR count). The molecular formula is C10H10N4O2. The molecule has 0 aliphatic carbocycles. The van der Waals surface area contributed by atoms with Crippen molar-refractivity contribution in [1.29, 1.82) is 0 Å².